The molecular weight excluding hydrogens is 326 g/mol. The monoisotopic (exact) mass is 353 g/mol. The maximum absolute atomic E-state index is 5.76. The molecule has 0 spiro atoms. The fourth-order valence-corrected chi connectivity index (χ4v) is 2.74. The molecule has 0 bridgehead atoms. The van der Waals surface area contributed by atoms with E-state index in [9.17, 15) is 0 Å². The second-order valence-corrected chi connectivity index (χ2v) is 6.53. The third-order valence-electron chi connectivity index (χ3n) is 4.28. The van der Waals surface area contributed by atoms with Crippen LogP contribution in [-0.4, -0.2) is 32.3 Å². The largest absolute Gasteiger partial charge is 0.494 e. The van der Waals surface area contributed by atoms with Gasteiger partial charge in [0.15, 0.2) is 6.29 Å². The Kier molecular flexibility index (Phi) is 7.23. The topological polar surface area (TPSA) is 40.0 Å². The summed E-state index contributed by atoms with van der Waals surface area (Å²) in [5.74, 6) is 0.867. The van der Waals surface area contributed by atoms with Crippen LogP contribution >= 0.6 is 0 Å². The first-order valence-corrected chi connectivity index (χ1v) is 9.36. The zero-order valence-corrected chi connectivity index (χ0v) is 15.4. The zero-order valence-electron chi connectivity index (χ0n) is 15.4. The van der Waals surface area contributed by atoms with Crippen LogP contribution in [-0.2, 0) is 9.47 Å². The van der Waals surface area contributed by atoms with Crippen molar-refractivity contribution < 1.29 is 14.2 Å². The normalized spacial score (nSPS) is 17.5. The van der Waals surface area contributed by atoms with E-state index in [0.29, 0.717) is 13.2 Å². The number of ether oxygens (including phenoxy) is 3. The van der Waals surface area contributed by atoms with Gasteiger partial charge < -0.3 is 14.2 Å². The average Bonchev–Trinajstić information content (AvgIpc) is 2.69. The second-order valence-electron chi connectivity index (χ2n) is 6.53. The van der Waals surface area contributed by atoms with E-state index in [0.717, 1.165) is 42.9 Å². The first-order chi connectivity index (χ1) is 12.8. The third-order valence-corrected chi connectivity index (χ3v) is 4.28. The number of aliphatic imine (C=N–C) groups is 1. The van der Waals surface area contributed by atoms with Crippen LogP contribution in [0.3, 0.4) is 0 Å². The molecule has 1 saturated heterocycles. The minimum Gasteiger partial charge on any atom is -0.494 e. The predicted molar refractivity (Wildman–Crippen MR) is 105 cm³/mol. The molecule has 1 unspecified atom stereocenters. The summed E-state index contributed by atoms with van der Waals surface area (Å²) < 4.78 is 17.0. The maximum atomic E-state index is 5.76. The molecule has 1 heterocycles. The van der Waals surface area contributed by atoms with Crippen LogP contribution in [0.5, 0.6) is 5.75 Å². The lowest BCUT2D eigenvalue weighted by molar-refractivity contribution is -0.163. The molecule has 3 rings (SSSR count). The van der Waals surface area contributed by atoms with Crippen molar-refractivity contribution in [2.75, 3.05) is 19.8 Å². The average molecular weight is 353 g/mol. The molecule has 0 radical (unpaired) electrons. The van der Waals surface area contributed by atoms with E-state index in [1.807, 2.05) is 42.6 Å². The zero-order chi connectivity index (χ0) is 18.0. The van der Waals surface area contributed by atoms with Gasteiger partial charge in [-0.2, -0.15) is 0 Å². The third kappa shape index (κ3) is 6.28. The van der Waals surface area contributed by atoms with Crippen molar-refractivity contribution >= 4 is 11.9 Å². The van der Waals surface area contributed by atoms with E-state index in [1.54, 1.807) is 0 Å². The lowest BCUT2D eigenvalue weighted by Crippen LogP contribution is -2.23. The van der Waals surface area contributed by atoms with E-state index in [2.05, 4.69) is 24.0 Å². The van der Waals surface area contributed by atoms with Crippen LogP contribution in [0.2, 0.25) is 0 Å². The lowest BCUT2D eigenvalue weighted by Gasteiger charge is -2.22. The smallest absolute Gasteiger partial charge is 0.157 e. The van der Waals surface area contributed by atoms with Gasteiger partial charge in [-0.3, -0.25) is 4.99 Å². The molecule has 0 N–H and O–H groups in total. The van der Waals surface area contributed by atoms with Gasteiger partial charge in [0, 0.05) is 19.2 Å². The number of rotatable bonds is 8. The Morgan fingerprint density at radius 1 is 1.04 bits per heavy atom. The summed E-state index contributed by atoms with van der Waals surface area (Å²) in [5.41, 5.74) is 3.25. The summed E-state index contributed by atoms with van der Waals surface area (Å²) in [7, 11) is 0. The van der Waals surface area contributed by atoms with Crippen LogP contribution in [0.15, 0.2) is 53.5 Å². The van der Waals surface area contributed by atoms with E-state index >= 15 is 0 Å². The van der Waals surface area contributed by atoms with Crippen molar-refractivity contribution in [1.29, 1.82) is 0 Å². The molecule has 0 aromatic heterocycles. The highest BCUT2D eigenvalue weighted by Gasteiger charge is 2.13. The number of hydrogen-bond acceptors (Lipinski definition) is 4. The molecule has 0 aliphatic carbocycles. The van der Waals surface area contributed by atoms with Gasteiger partial charge in [0.1, 0.15) is 5.75 Å². The quantitative estimate of drug-likeness (QED) is 0.492. The molecule has 138 valence electrons. The minimum atomic E-state index is -0.0177. The number of hydrogen-bond donors (Lipinski definition) is 0. The molecule has 4 heteroatoms. The Labute approximate surface area is 155 Å². The van der Waals surface area contributed by atoms with Gasteiger partial charge in [0.05, 0.1) is 18.9 Å². The summed E-state index contributed by atoms with van der Waals surface area (Å²) in [5, 5.41) is 0. The summed E-state index contributed by atoms with van der Waals surface area (Å²) in [6.07, 6.45) is 6.06. The molecular formula is C22H27NO3. The first kappa shape index (κ1) is 18.6. The summed E-state index contributed by atoms with van der Waals surface area (Å²) >= 11 is 0. The Balaban J connectivity index is 1.36. The molecule has 1 aliphatic heterocycles. The fourth-order valence-electron chi connectivity index (χ4n) is 2.74. The van der Waals surface area contributed by atoms with Crippen molar-refractivity contribution in [3.05, 3.63) is 59.7 Å². The summed E-state index contributed by atoms with van der Waals surface area (Å²) in [4.78, 5) is 4.48. The highest BCUT2D eigenvalue weighted by atomic mass is 16.7. The van der Waals surface area contributed by atoms with Crippen molar-refractivity contribution in [2.45, 2.75) is 38.9 Å². The predicted octanol–water partition coefficient (Wildman–Crippen LogP) is 5.06. The van der Waals surface area contributed by atoms with Gasteiger partial charge in [-0.1, -0.05) is 17.7 Å². The SMILES string of the molecule is Cc1ccc(N=Cc2ccc(OCCCOC3CCCCO3)cc2)cc1. The van der Waals surface area contributed by atoms with Gasteiger partial charge in [-0.15, -0.1) is 0 Å². The standard InChI is InChI=1S/C22H27NO3/c1-18-6-10-20(11-7-18)23-17-19-8-12-21(13-9-19)24-15-4-16-26-22-5-2-3-14-25-22/h6-13,17,22H,2-5,14-16H2,1H3. The molecule has 26 heavy (non-hydrogen) atoms. The van der Waals surface area contributed by atoms with Crippen LogP contribution in [0, 0.1) is 6.92 Å². The minimum absolute atomic E-state index is 0.0177. The summed E-state index contributed by atoms with van der Waals surface area (Å²) in [6, 6.07) is 16.1. The van der Waals surface area contributed by atoms with E-state index in [4.69, 9.17) is 14.2 Å². The Morgan fingerprint density at radius 2 is 1.85 bits per heavy atom. The Bertz CT molecular complexity index is 674. The molecule has 1 atom stereocenters. The molecule has 0 saturated carbocycles. The molecule has 2 aromatic carbocycles. The first-order valence-electron chi connectivity index (χ1n) is 9.36. The van der Waals surface area contributed by atoms with Gasteiger partial charge in [-0.25, -0.2) is 0 Å². The lowest BCUT2D eigenvalue weighted by atomic mass is 10.2. The molecule has 2 aromatic rings. The number of benzene rings is 2. The van der Waals surface area contributed by atoms with Gasteiger partial charge in [-0.05, 0) is 68.1 Å². The second kappa shape index (κ2) is 10.1. The highest BCUT2D eigenvalue weighted by Crippen LogP contribution is 2.16. The fraction of sp³-hybridized carbons (Fsp3) is 0.409. The van der Waals surface area contributed by atoms with Crippen molar-refractivity contribution in [1.82, 2.24) is 0 Å². The Morgan fingerprint density at radius 3 is 2.58 bits per heavy atom. The van der Waals surface area contributed by atoms with Crippen molar-refractivity contribution in [2.24, 2.45) is 4.99 Å². The number of aryl methyl sites for hydroxylation is 1. The molecule has 1 aliphatic rings. The van der Waals surface area contributed by atoms with Gasteiger partial charge in [0.2, 0.25) is 0 Å². The van der Waals surface area contributed by atoms with Crippen LogP contribution < -0.4 is 4.74 Å². The van der Waals surface area contributed by atoms with E-state index in [1.165, 1.54) is 12.0 Å². The molecule has 1 fully saturated rings. The van der Waals surface area contributed by atoms with Crippen LogP contribution in [0.25, 0.3) is 0 Å². The van der Waals surface area contributed by atoms with E-state index in [-0.39, 0.29) is 6.29 Å². The van der Waals surface area contributed by atoms with Crippen molar-refractivity contribution in [3.8, 4) is 5.75 Å². The van der Waals surface area contributed by atoms with E-state index < -0.39 is 0 Å². The van der Waals surface area contributed by atoms with Crippen LogP contribution in [0.4, 0.5) is 5.69 Å². The Hall–Kier alpha value is -2.17. The molecule has 4 nitrogen and oxygen atoms in total. The maximum Gasteiger partial charge on any atom is 0.157 e. The van der Waals surface area contributed by atoms with Gasteiger partial charge >= 0.3 is 0 Å². The molecule has 0 amide bonds. The number of nitrogens with zero attached hydrogens (tertiary/aromatic N) is 1. The highest BCUT2D eigenvalue weighted by molar-refractivity contribution is 5.82. The van der Waals surface area contributed by atoms with Crippen LogP contribution in [0.1, 0.15) is 36.8 Å². The van der Waals surface area contributed by atoms with Gasteiger partial charge in [0.25, 0.3) is 0 Å². The van der Waals surface area contributed by atoms with Crippen molar-refractivity contribution in [3.63, 3.8) is 0 Å². The summed E-state index contributed by atoms with van der Waals surface area (Å²) in [6.45, 7) is 4.21.